The molecule has 0 unspecified atom stereocenters. The molecule has 2 aromatic carbocycles. The van der Waals surface area contributed by atoms with E-state index in [2.05, 4.69) is 10.3 Å². The number of hydrogen-bond donors (Lipinski definition) is 2. The minimum atomic E-state index is -3.74. The van der Waals surface area contributed by atoms with Crippen molar-refractivity contribution < 1.29 is 13.2 Å². The number of hydrogen-bond acceptors (Lipinski definition) is 5. The summed E-state index contributed by atoms with van der Waals surface area (Å²) in [6.07, 6.45) is 0.201. The lowest BCUT2D eigenvalue weighted by Crippen LogP contribution is -2.14. The number of aromatic nitrogens is 2. The maximum absolute atomic E-state index is 12.4. The SMILES string of the molecule is Cc1ccc(NC(=O)Cc2nc(-c3cc(C)n(-c4ccc(S(N)(=O)=O)cc4)c3C)cs2)cc1. The molecule has 33 heavy (non-hydrogen) atoms. The van der Waals surface area contributed by atoms with Gasteiger partial charge in [0.25, 0.3) is 0 Å². The molecular weight excluding hydrogens is 456 g/mol. The van der Waals surface area contributed by atoms with Gasteiger partial charge >= 0.3 is 0 Å². The van der Waals surface area contributed by atoms with Crippen molar-refractivity contribution in [3.05, 3.63) is 81.9 Å². The second kappa shape index (κ2) is 8.93. The van der Waals surface area contributed by atoms with Gasteiger partial charge < -0.3 is 9.88 Å². The molecule has 2 heterocycles. The molecule has 170 valence electrons. The quantitative estimate of drug-likeness (QED) is 0.428. The van der Waals surface area contributed by atoms with Crippen LogP contribution >= 0.6 is 11.3 Å². The number of nitrogens with two attached hydrogens (primary N) is 1. The van der Waals surface area contributed by atoms with Crippen molar-refractivity contribution in [2.24, 2.45) is 5.14 Å². The Bertz CT molecular complexity index is 1420. The number of nitrogens with zero attached hydrogens (tertiary/aromatic N) is 2. The highest BCUT2D eigenvalue weighted by Crippen LogP contribution is 2.31. The van der Waals surface area contributed by atoms with Crippen molar-refractivity contribution in [3.8, 4) is 16.9 Å². The number of aryl methyl sites for hydroxylation is 2. The Morgan fingerprint density at radius 2 is 1.73 bits per heavy atom. The van der Waals surface area contributed by atoms with Crippen LogP contribution in [0.4, 0.5) is 5.69 Å². The van der Waals surface area contributed by atoms with Gasteiger partial charge in [0.15, 0.2) is 0 Å². The van der Waals surface area contributed by atoms with Crippen molar-refractivity contribution in [2.75, 3.05) is 5.32 Å². The van der Waals surface area contributed by atoms with Crippen LogP contribution in [0.1, 0.15) is 22.0 Å². The molecule has 2 aromatic heterocycles. The fraction of sp³-hybridized carbons (Fsp3) is 0.167. The smallest absolute Gasteiger partial charge is 0.238 e. The number of rotatable bonds is 6. The van der Waals surface area contributed by atoms with E-state index in [4.69, 9.17) is 5.14 Å². The van der Waals surface area contributed by atoms with Gasteiger partial charge in [-0.2, -0.15) is 0 Å². The summed E-state index contributed by atoms with van der Waals surface area (Å²) in [5, 5.41) is 10.8. The van der Waals surface area contributed by atoms with E-state index in [-0.39, 0.29) is 17.2 Å². The number of primary sulfonamides is 1. The molecular formula is C24H24N4O3S2. The van der Waals surface area contributed by atoms with E-state index in [9.17, 15) is 13.2 Å². The summed E-state index contributed by atoms with van der Waals surface area (Å²) in [6.45, 7) is 5.96. The first kappa shape index (κ1) is 22.9. The molecule has 1 amide bonds. The minimum absolute atomic E-state index is 0.0713. The first-order valence-electron chi connectivity index (χ1n) is 10.3. The fourth-order valence-corrected chi connectivity index (χ4v) is 5.01. The van der Waals surface area contributed by atoms with Crippen molar-refractivity contribution >= 4 is 33.0 Å². The monoisotopic (exact) mass is 480 g/mol. The third-order valence-electron chi connectivity index (χ3n) is 5.33. The van der Waals surface area contributed by atoms with Crippen molar-refractivity contribution in [1.29, 1.82) is 0 Å². The highest BCUT2D eigenvalue weighted by Gasteiger charge is 2.17. The Hall–Kier alpha value is -3.27. The van der Waals surface area contributed by atoms with Crippen LogP contribution in [0.3, 0.4) is 0 Å². The molecule has 3 N–H and O–H groups in total. The highest BCUT2D eigenvalue weighted by molar-refractivity contribution is 7.89. The number of benzene rings is 2. The topological polar surface area (TPSA) is 107 Å². The number of amides is 1. The Morgan fingerprint density at radius 3 is 2.36 bits per heavy atom. The van der Waals surface area contributed by atoms with Crippen LogP contribution in [0.5, 0.6) is 0 Å². The molecule has 0 fully saturated rings. The number of thiazole rings is 1. The molecule has 9 heteroatoms. The van der Waals surface area contributed by atoms with Crippen LogP contribution in [-0.4, -0.2) is 23.9 Å². The Balaban J connectivity index is 1.54. The normalized spacial score (nSPS) is 11.5. The van der Waals surface area contributed by atoms with Crippen LogP contribution in [0.15, 0.2) is 64.9 Å². The van der Waals surface area contributed by atoms with Crippen LogP contribution in [0.2, 0.25) is 0 Å². The van der Waals surface area contributed by atoms with Crippen molar-refractivity contribution in [3.63, 3.8) is 0 Å². The largest absolute Gasteiger partial charge is 0.326 e. The van der Waals surface area contributed by atoms with Gasteiger partial charge in [0.05, 0.1) is 17.0 Å². The molecule has 0 spiro atoms. The molecule has 0 atom stereocenters. The lowest BCUT2D eigenvalue weighted by molar-refractivity contribution is -0.115. The Kier molecular flexibility index (Phi) is 6.20. The summed E-state index contributed by atoms with van der Waals surface area (Å²) in [5.41, 5.74) is 6.45. The average molecular weight is 481 g/mol. The van der Waals surface area contributed by atoms with Crippen molar-refractivity contribution in [1.82, 2.24) is 9.55 Å². The maximum Gasteiger partial charge on any atom is 0.238 e. The standard InChI is InChI=1S/C24H24N4O3S2/c1-15-4-6-18(7-5-15)26-23(29)13-24-27-22(14-32-24)21-12-16(2)28(17(21)3)19-8-10-20(11-9-19)33(25,30)31/h4-12,14H,13H2,1-3H3,(H,26,29)(H2,25,30,31). The molecule has 0 saturated heterocycles. The molecule has 0 aliphatic heterocycles. The summed E-state index contributed by atoms with van der Waals surface area (Å²) in [5.74, 6) is -0.111. The van der Waals surface area contributed by atoms with Gasteiger partial charge in [-0.25, -0.2) is 18.5 Å². The van der Waals surface area contributed by atoms with Gasteiger partial charge in [-0.3, -0.25) is 4.79 Å². The van der Waals surface area contributed by atoms with Crippen molar-refractivity contribution in [2.45, 2.75) is 32.1 Å². The summed E-state index contributed by atoms with van der Waals surface area (Å²) in [4.78, 5) is 17.2. The van der Waals surface area contributed by atoms with E-state index in [1.807, 2.05) is 61.1 Å². The third-order valence-corrected chi connectivity index (χ3v) is 7.11. The number of anilines is 1. The lowest BCUT2D eigenvalue weighted by atomic mass is 10.2. The minimum Gasteiger partial charge on any atom is -0.326 e. The first-order valence-corrected chi connectivity index (χ1v) is 12.7. The van der Waals surface area contributed by atoms with Gasteiger partial charge in [0.2, 0.25) is 15.9 Å². The predicted octanol–water partition coefficient (Wildman–Crippen LogP) is 4.35. The number of nitrogens with one attached hydrogen (secondary N) is 1. The first-order chi connectivity index (χ1) is 15.6. The molecule has 0 saturated carbocycles. The van der Waals surface area contributed by atoms with Crippen LogP contribution in [0.25, 0.3) is 16.9 Å². The van der Waals surface area contributed by atoms with Gasteiger partial charge in [0.1, 0.15) is 5.01 Å². The van der Waals surface area contributed by atoms with E-state index in [0.717, 1.165) is 44.6 Å². The Labute approximate surface area is 197 Å². The molecule has 7 nitrogen and oxygen atoms in total. The van der Waals surface area contributed by atoms with E-state index >= 15 is 0 Å². The van der Waals surface area contributed by atoms with Crippen LogP contribution in [-0.2, 0) is 21.2 Å². The van der Waals surface area contributed by atoms with E-state index in [0.29, 0.717) is 0 Å². The third kappa shape index (κ3) is 5.05. The van der Waals surface area contributed by atoms with E-state index < -0.39 is 10.0 Å². The molecule has 0 aliphatic carbocycles. The summed E-state index contributed by atoms with van der Waals surface area (Å²) in [7, 11) is -3.74. The second-order valence-electron chi connectivity index (χ2n) is 7.88. The number of carbonyl (C=O) groups is 1. The molecule has 0 radical (unpaired) electrons. The second-order valence-corrected chi connectivity index (χ2v) is 10.4. The highest BCUT2D eigenvalue weighted by atomic mass is 32.2. The number of carbonyl (C=O) groups excluding carboxylic acids is 1. The summed E-state index contributed by atoms with van der Waals surface area (Å²) in [6, 6.07) is 16.2. The molecule has 4 rings (SSSR count). The zero-order chi connectivity index (χ0) is 23.8. The fourth-order valence-electron chi connectivity index (χ4n) is 3.70. The van der Waals surface area contributed by atoms with Crippen LogP contribution in [0, 0.1) is 20.8 Å². The zero-order valence-electron chi connectivity index (χ0n) is 18.5. The number of sulfonamides is 1. The van der Waals surface area contributed by atoms with Gasteiger partial charge in [-0.1, -0.05) is 17.7 Å². The van der Waals surface area contributed by atoms with Gasteiger partial charge in [-0.05, 0) is 63.2 Å². The van der Waals surface area contributed by atoms with E-state index in [1.54, 1.807) is 12.1 Å². The molecule has 4 aromatic rings. The molecule has 0 aliphatic rings. The zero-order valence-corrected chi connectivity index (χ0v) is 20.1. The lowest BCUT2D eigenvalue weighted by Gasteiger charge is -2.10. The van der Waals surface area contributed by atoms with E-state index in [1.165, 1.54) is 23.5 Å². The maximum atomic E-state index is 12.4. The molecule has 0 bridgehead atoms. The van der Waals surface area contributed by atoms with Gasteiger partial charge in [0, 0.05) is 33.7 Å². The summed E-state index contributed by atoms with van der Waals surface area (Å²) < 4.78 is 25.1. The predicted molar refractivity (Wildman–Crippen MR) is 131 cm³/mol. The van der Waals surface area contributed by atoms with Crippen LogP contribution < -0.4 is 10.5 Å². The summed E-state index contributed by atoms with van der Waals surface area (Å²) >= 11 is 1.45. The van der Waals surface area contributed by atoms with Gasteiger partial charge in [-0.15, -0.1) is 11.3 Å². The average Bonchev–Trinajstić information content (AvgIpc) is 3.32. The Morgan fingerprint density at radius 1 is 1.06 bits per heavy atom.